The predicted octanol–water partition coefficient (Wildman–Crippen LogP) is 1.82. The van der Waals surface area contributed by atoms with Crippen molar-refractivity contribution in [3.63, 3.8) is 0 Å². The molecule has 1 aromatic rings. The number of hydrogen-bond donors (Lipinski definition) is 3. The summed E-state index contributed by atoms with van der Waals surface area (Å²) >= 11 is 0. The van der Waals surface area contributed by atoms with Gasteiger partial charge in [-0.1, -0.05) is 38.1 Å². The third-order valence-electron chi connectivity index (χ3n) is 3.70. The van der Waals surface area contributed by atoms with Gasteiger partial charge in [-0.25, -0.2) is 0 Å². The number of benzene rings is 1. The van der Waals surface area contributed by atoms with Gasteiger partial charge in [0.2, 0.25) is 0 Å². The standard InChI is InChI=1S/C14H21NO3/c1-3-14(4-2,13(17)18)11-7-5-10(6-8-11)12(15)9-16/h5-8,12,16H,3-4,9,15H2,1-2H3,(H,17,18)/t12-/m1/s1. The van der Waals surface area contributed by atoms with Crippen LogP contribution >= 0.6 is 0 Å². The molecular formula is C14H21NO3. The first-order valence-electron chi connectivity index (χ1n) is 6.22. The van der Waals surface area contributed by atoms with Crippen LogP contribution in [0.5, 0.6) is 0 Å². The predicted molar refractivity (Wildman–Crippen MR) is 70.4 cm³/mol. The monoisotopic (exact) mass is 251 g/mol. The lowest BCUT2D eigenvalue weighted by Gasteiger charge is -2.27. The van der Waals surface area contributed by atoms with Gasteiger partial charge in [0.05, 0.1) is 18.1 Å². The molecule has 4 nitrogen and oxygen atoms in total. The van der Waals surface area contributed by atoms with Crippen LogP contribution in [0.25, 0.3) is 0 Å². The average molecular weight is 251 g/mol. The van der Waals surface area contributed by atoms with Crippen molar-refractivity contribution in [2.24, 2.45) is 5.73 Å². The maximum absolute atomic E-state index is 11.5. The van der Waals surface area contributed by atoms with Gasteiger partial charge in [-0.2, -0.15) is 0 Å². The highest BCUT2D eigenvalue weighted by atomic mass is 16.4. The fourth-order valence-electron chi connectivity index (χ4n) is 2.24. The first kappa shape index (κ1) is 14.7. The van der Waals surface area contributed by atoms with Crippen LogP contribution in [0.2, 0.25) is 0 Å². The van der Waals surface area contributed by atoms with Crippen LogP contribution in [0.1, 0.15) is 43.9 Å². The van der Waals surface area contributed by atoms with E-state index in [1.54, 1.807) is 24.3 Å². The highest BCUT2D eigenvalue weighted by Crippen LogP contribution is 2.32. The van der Waals surface area contributed by atoms with Crippen molar-refractivity contribution in [1.82, 2.24) is 0 Å². The SMILES string of the molecule is CCC(CC)(C(=O)O)c1ccc([C@H](N)CO)cc1. The molecule has 0 amide bonds. The molecule has 1 atom stereocenters. The van der Waals surface area contributed by atoms with Crippen molar-refractivity contribution in [3.8, 4) is 0 Å². The minimum Gasteiger partial charge on any atom is -0.481 e. The zero-order valence-electron chi connectivity index (χ0n) is 10.9. The lowest BCUT2D eigenvalue weighted by Crippen LogP contribution is -2.34. The molecule has 0 heterocycles. The smallest absolute Gasteiger partial charge is 0.314 e. The first-order valence-corrected chi connectivity index (χ1v) is 6.22. The van der Waals surface area contributed by atoms with E-state index in [0.29, 0.717) is 12.8 Å². The molecule has 0 saturated carbocycles. The maximum atomic E-state index is 11.5. The van der Waals surface area contributed by atoms with Crippen molar-refractivity contribution in [3.05, 3.63) is 35.4 Å². The fraction of sp³-hybridized carbons (Fsp3) is 0.500. The molecule has 0 saturated heterocycles. The van der Waals surface area contributed by atoms with Gasteiger partial charge in [0, 0.05) is 0 Å². The summed E-state index contributed by atoms with van der Waals surface area (Å²) in [5.74, 6) is -0.799. The number of carboxylic acid groups (broad SMARTS) is 1. The Labute approximate surface area is 107 Å². The quantitative estimate of drug-likeness (QED) is 0.720. The zero-order valence-corrected chi connectivity index (χ0v) is 10.9. The van der Waals surface area contributed by atoms with E-state index in [1.807, 2.05) is 13.8 Å². The minimum absolute atomic E-state index is 0.120. The van der Waals surface area contributed by atoms with Crippen molar-refractivity contribution in [1.29, 1.82) is 0 Å². The maximum Gasteiger partial charge on any atom is 0.314 e. The average Bonchev–Trinajstić information content (AvgIpc) is 2.40. The summed E-state index contributed by atoms with van der Waals surface area (Å²) < 4.78 is 0. The summed E-state index contributed by atoms with van der Waals surface area (Å²) in [6.45, 7) is 3.64. The van der Waals surface area contributed by atoms with E-state index in [1.165, 1.54) is 0 Å². The Hall–Kier alpha value is -1.39. The van der Waals surface area contributed by atoms with Gasteiger partial charge in [0.1, 0.15) is 0 Å². The number of rotatable bonds is 6. The van der Waals surface area contributed by atoms with Gasteiger partial charge in [0.25, 0.3) is 0 Å². The van der Waals surface area contributed by atoms with Gasteiger partial charge in [-0.15, -0.1) is 0 Å². The van der Waals surface area contributed by atoms with E-state index >= 15 is 0 Å². The summed E-state index contributed by atoms with van der Waals surface area (Å²) in [5, 5.41) is 18.4. The van der Waals surface area contributed by atoms with Gasteiger partial charge < -0.3 is 15.9 Å². The van der Waals surface area contributed by atoms with E-state index in [9.17, 15) is 9.90 Å². The van der Waals surface area contributed by atoms with Crippen molar-refractivity contribution >= 4 is 5.97 Å². The molecule has 0 fully saturated rings. The third kappa shape index (κ3) is 2.54. The van der Waals surface area contributed by atoms with Crippen LogP contribution < -0.4 is 5.73 Å². The summed E-state index contributed by atoms with van der Waals surface area (Å²) in [7, 11) is 0. The molecule has 100 valence electrons. The molecule has 4 heteroatoms. The number of nitrogens with two attached hydrogens (primary N) is 1. The van der Waals surface area contributed by atoms with Crippen LogP contribution in [0, 0.1) is 0 Å². The Balaban J connectivity index is 3.12. The van der Waals surface area contributed by atoms with E-state index in [2.05, 4.69) is 0 Å². The van der Waals surface area contributed by atoms with E-state index in [0.717, 1.165) is 11.1 Å². The van der Waals surface area contributed by atoms with Gasteiger partial charge in [-0.3, -0.25) is 4.79 Å². The van der Waals surface area contributed by atoms with E-state index in [4.69, 9.17) is 10.8 Å². The van der Waals surface area contributed by atoms with E-state index < -0.39 is 17.4 Å². The van der Waals surface area contributed by atoms with Crippen LogP contribution in [-0.2, 0) is 10.2 Å². The molecule has 0 spiro atoms. The normalized spacial score (nSPS) is 13.3. The molecular weight excluding hydrogens is 230 g/mol. The number of aliphatic hydroxyl groups is 1. The molecule has 0 bridgehead atoms. The minimum atomic E-state index is -0.832. The van der Waals surface area contributed by atoms with Gasteiger partial charge in [0.15, 0.2) is 0 Å². The molecule has 0 aromatic heterocycles. The van der Waals surface area contributed by atoms with Crippen molar-refractivity contribution in [2.45, 2.75) is 38.1 Å². The topological polar surface area (TPSA) is 83.5 Å². The molecule has 0 aliphatic rings. The lowest BCUT2D eigenvalue weighted by molar-refractivity contribution is -0.144. The number of aliphatic carboxylic acids is 1. The highest BCUT2D eigenvalue weighted by molar-refractivity contribution is 5.81. The molecule has 1 aromatic carbocycles. The van der Waals surface area contributed by atoms with Gasteiger partial charge >= 0.3 is 5.97 Å². The van der Waals surface area contributed by atoms with Crippen LogP contribution in [0.4, 0.5) is 0 Å². The summed E-state index contributed by atoms with van der Waals surface area (Å²) in [6, 6.07) is 6.76. The number of carboxylic acids is 1. The summed E-state index contributed by atoms with van der Waals surface area (Å²) in [4.78, 5) is 11.5. The first-order chi connectivity index (χ1) is 8.51. The Morgan fingerprint density at radius 3 is 2.11 bits per heavy atom. The second-order valence-electron chi connectivity index (χ2n) is 4.51. The van der Waals surface area contributed by atoms with Crippen LogP contribution in [-0.4, -0.2) is 22.8 Å². The Bertz CT molecular complexity index is 396. The highest BCUT2D eigenvalue weighted by Gasteiger charge is 2.36. The van der Waals surface area contributed by atoms with Crippen molar-refractivity contribution in [2.75, 3.05) is 6.61 Å². The van der Waals surface area contributed by atoms with E-state index in [-0.39, 0.29) is 6.61 Å². The summed E-state index contributed by atoms with van der Waals surface area (Å²) in [5.41, 5.74) is 6.48. The molecule has 18 heavy (non-hydrogen) atoms. The number of carbonyl (C=O) groups is 1. The second kappa shape index (κ2) is 5.98. The Morgan fingerprint density at radius 1 is 1.28 bits per heavy atom. The summed E-state index contributed by atoms with van der Waals surface area (Å²) in [6.07, 6.45) is 1.09. The molecule has 0 radical (unpaired) electrons. The molecule has 0 unspecified atom stereocenters. The number of aliphatic hydroxyl groups excluding tert-OH is 1. The zero-order chi connectivity index (χ0) is 13.8. The Kier molecular flexibility index (Phi) is 4.87. The fourth-order valence-corrected chi connectivity index (χ4v) is 2.24. The largest absolute Gasteiger partial charge is 0.481 e. The van der Waals surface area contributed by atoms with Crippen molar-refractivity contribution < 1.29 is 15.0 Å². The number of hydrogen-bond acceptors (Lipinski definition) is 3. The molecule has 1 rings (SSSR count). The molecule has 0 aliphatic heterocycles. The Morgan fingerprint density at radius 2 is 1.78 bits per heavy atom. The van der Waals surface area contributed by atoms with Crippen LogP contribution in [0.15, 0.2) is 24.3 Å². The van der Waals surface area contributed by atoms with Gasteiger partial charge in [-0.05, 0) is 24.0 Å². The third-order valence-corrected chi connectivity index (χ3v) is 3.70. The second-order valence-corrected chi connectivity index (χ2v) is 4.51. The van der Waals surface area contributed by atoms with Crippen LogP contribution in [0.3, 0.4) is 0 Å². The molecule has 4 N–H and O–H groups in total. The lowest BCUT2D eigenvalue weighted by atomic mass is 9.75. The molecule has 0 aliphatic carbocycles.